The van der Waals surface area contributed by atoms with Crippen molar-refractivity contribution in [3.8, 4) is 0 Å². The Morgan fingerprint density at radius 1 is 1.44 bits per heavy atom. The van der Waals surface area contributed by atoms with Gasteiger partial charge in [0.2, 0.25) is 5.91 Å². The maximum absolute atomic E-state index is 11.9. The largest absolute Gasteiger partial charge is 0.399 e. The number of hydrogen-bond acceptors (Lipinski definition) is 4. The molecule has 1 unspecified atom stereocenters. The average Bonchev–Trinajstić information content (AvgIpc) is 2.64. The van der Waals surface area contributed by atoms with E-state index in [1.165, 1.54) is 0 Å². The van der Waals surface area contributed by atoms with E-state index >= 15 is 0 Å². The van der Waals surface area contributed by atoms with E-state index in [1.54, 1.807) is 18.2 Å². The van der Waals surface area contributed by atoms with Gasteiger partial charge < -0.3 is 11.1 Å². The lowest BCUT2D eigenvalue weighted by molar-refractivity contribution is -0.119. The molecule has 1 heterocycles. The summed E-state index contributed by atoms with van der Waals surface area (Å²) in [5.41, 5.74) is 6.73. The molecule has 1 atom stereocenters. The number of nitrogens with two attached hydrogens (primary N) is 1. The Hall–Kier alpha value is -1.08. The molecule has 1 amide bonds. The molecule has 98 valence electrons. The van der Waals surface area contributed by atoms with Crippen LogP contribution in [0, 0.1) is 5.92 Å². The van der Waals surface area contributed by atoms with Gasteiger partial charge >= 0.3 is 0 Å². The summed E-state index contributed by atoms with van der Waals surface area (Å²) in [6.45, 7) is 0. The fourth-order valence-electron chi connectivity index (χ4n) is 1.88. The Labute approximate surface area is 114 Å². The van der Waals surface area contributed by atoms with Crippen LogP contribution in [0.2, 0.25) is 0 Å². The van der Waals surface area contributed by atoms with Crippen molar-refractivity contribution in [2.24, 2.45) is 5.92 Å². The number of hydrogen-bond donors (Lipinski definition) is 2. The number of nitrogens with one attached hydrogen (secondary N) is 1. The molecule has 1 aliphatic rings. The van der Waals surface area contributed by atoms with Gasteiger partial charge in [-0.05, 0) is 40.5 Å². The zero-order valence-electron chi connectivity index (χ0n) is 9.52. The molecule has 0 radical (unpaired) electrons. The van der Waals surface area contributed by atoms with E-state index < -0.39 is 15.8 Å². The number of halogens is 1. The minimum Gasteiger partial charge on any atom is -0.399 e. The lowest BCUT2D eigenvalue weighted by Gasteiger charge is -2.11. The summed E-state index contributed by atoms with van der Waals surface area (Å²) in [7, 11) is -3.05. The highest BCUT2D eigenvalue weighted by Gasteiger charge is 2.33. The smallest absolute Gasteiger partial charge is 0.228 e. The fourth-order valence-corrected chi connectivity index (χ4v) is 3.96. The zero-order valence-corrected chi connectivity index (χ0v) is 11.9. The Bertz CT molecular complexity index is 586. The van der Waals surface area contributed by atoms with Crippen LogP contribution in [0.15, 0.2) is 22.7 Å². The van der Waals surface area contributed by atoms with E-state index in [0.29, 0.717) is 22.3 Å². The number of rotatable bonds is 2. The molecule has 7 heteroatoms. The maximum atomic E-state index is 11.9. The van der Waals surface area contributed by atoms with Crippen LogP contribution in [-0.4, -0.2) is 25.8 Å². The molecule has 0 aromatic heterocycles. The zero-order chi connectivity index (χ0) is 13.3. The van der Waals surface area contributed by atoms with Gasteiger partial charge in [0.25, 0.3) is 0 Å². The number of carbonyl (C=O) groups is 1. The standard InChI is InChI=1S/C11H13BrN2O3S/c12-9-2-1-8(13)5-10(9)14-11(15)7-3-4-18(16,17)6-7/h1-2,5,7H,3-4,6,13H2,(H,14,15). The van der Waals surface area contributed by atoms with Gasteiger partial charge in [0.15, 0.2) is 9.84 Å². The van der Waals surface area contributed by atoms with Crippen LogP contribution in [0.1, 0.15) is 6.42 Å². The molecule has 1 aromatic carbocycles. The summed E-state index contributed by atoms with van der Waals surface area (Å²) in [5, 5.41) is 2.70. The number of carbonyl (C=O) groups excluding carboxylic acids is 1. The van der Waals surface area contributed by atoms with Crippen molar-refractivity contribution in [2.75, 3.05) is 22.6 Å². The number of anilines is 2. The Morgan fingerprint density at radius 3 is 2.78 bits per heavy atom. The predicted octanol–water partition coefficient (Wildman–Crippen LogP) is 1.40. The van der Waals surface area contributed by atoms with Gasteiger partial charge in [-0.25, -0.2) is 8.42 Å². The normalized spacial score (nSPS) is 21.7. The van der Waals surface area contributed by atoms with Gasteiger partial charge in [0.05, 0.1) is 23.1 Å². The summed E-state index contributed by atoms with van der Waals surface area (Å²) in [6.07, 6.45) is 0.383. The van der Waals surface area contributed by atoms with Crippen LogP contribution in [0.3, 0.4) is 0 Å². The van der Waals surface area contributed by atoms with E-state index in [-0.39, 0.29) is 17.4 Å². The highest BCUT2D eigenvalue weighted by molar-refractivity contribution is 9.10. The summed E-state index contributed by atoms with van der Waals surface area (Å²) >= 11 is 3.30. The Kier molecular flexibility index (Phi) is 3.63. The van der Waals surface area contributed by atoms with Crippen LogP contribution in [0.25, 0.3) is 0 Å². The van der Waals surface area contributed by atoms with Crippen LogP contribution < -0.4 is 11.1 Å². The third-order valence-corrected chi connectivity index (χ3v) is 5.31. The second kappa shape index (κ2) is 4.89. The van der Waals surface area contributed by atoms with E-state index in [2.05, 4.69) is 21.2 Å². The molecule has 2 rings (SSSR count). The molecule has 0 spiro atoms. The molecule has 0 saturated carbocycles. The molecule has 1 saturated heterocycles. The second-order valence-electron chi connectivity index (χ2n) is 4.33. The topological polar surface area (TPSA) is 89.3 Å². The SMILES string of the molecule is Nc1ccc(Br)c(NC(=O)C2CCS(=O)(=O)C2)c1. The monoisotopic (exact) mass is 332 g/mol. The first-order valence-electron chi connectivity index (χ1n) is 5.44. The first-order valence-corrected chi connectivity index (χ1v) is 8.05. The van der Waals surface area contributed by atoms with E-state index in [0.717, 1.165) is 0 Å². The molecular weight excluding hydrogens is 320 g/mol. The van der Waals surface area contributed by atoms with Crippen LogP contribution in [0.4, 0.5) is 11.4 Å². The van der Waals surface area contributed by atoms with Crippen molar-refractivity contribution in [3.63, 3.8) is 0 Å². The molecule has 1 aliphatic heterocycles. The molecule has 0 aliphatic carbocycles. The summed E-state index contributed by atoms with van der Waals surface area (Å²) in [6, 6.07) is 5.07. The molecule has 3 N–H and O–H groups in total. The summed E-state index contributed by atoms with van der Waals surface area (Å²) in [4.78, 5) is 11.9. The lowest BCUT2D eigenvalue weighted by Crippen LogP contribution is -2.23. The van der Waals surface area contributed by atoms with Crippen LogP contribution in [0.5, 0.6) is 0 Å². The molecule has 18 heavy (non-hydrogen) atoms. The van der Waals surface area contributed by atoms with Gasteiger partial charge in [0, 0.05) is 10.2 Å². The number of sulfone groups is 1. The molecule has 1 aromatic rings. The first kappa shape index (κ1) is 13.4. The summed E-state index contributed by atoms with van der Waals surface area (Å²) < 4.78 is 23.3. The van der Waals surface area contributed by atoms with Crippen LogP contribution >= 0.6 is 15.9 Å². The highest BCUT2D eigenvalue weighted by Crippen LogP contribution is 2.26. The van der Waals surface area contributed by atoms with E-state index in [1.807, 2.05) is 0 Å². The van der Waals surface area contributed by atoms with Gasteiger partial charge in [-0.15, -0.1) is 0 Å². The van der Waals surface area contributed by atoms with Crippen molar-refractivity contribution in [2.45, 2.75) is 6.42 Å². The third-order valence-electron chi connectivity index (χ3n) is 2.85. The molecular formula is C11H13BrN2O3S. The van der Waals surface area contributed by atoms with Crippen molar-refractivity contribution >= 4 is 43.0 Å². The molecule has 1 fully saturated rings. The highest BCUT2D eigenvalue weighted by atomic mass is 79.9. The van der Waals surface area contributed by atoms with Gasteiger partial charge in [0.1, 0.15) is 0 Å². The van der Waals surface area contributed by atoms with Crippen LogP contribution in [-0.2, 0) is 14.6 Å². The molecule has 5 nitrogen and oxygen atoms in total. The number of amides is 1. The summed E-state index contributed by atoms with van der Waals surface area (Å²) in [5.74, 6) is -0.729. The Morgan fingerprint density at radius 2 is 2.17 bits per heavy atom. The number of nitrogen functional groups attached to an aromatic ring is 1. The van der Waals surface area contributed by atoms with E-state index in [9.17, 15) is 13.2 Å². The van der Waals surface area contributed by atoms with Gasteiger partial charge in [-0.2, -0.15) is 0 Å². The minimum absolute atomic E-state index is 0.0707. The number of benzene rings is 1. The van der Waals surface area contributed by atoms with Crippen molar-refractivity contribution in [3.05, 3.63) is 22.7 Å². The maximum Gasteiger partial charge on any atom is 0.228 e. The predicted molar refractivity (Wildman–Crippen MR) is 73.9 cm³/mol. The van der Waals surface area contributed by atoms with Gasteiger partial charge in [-0.3, -0.25) is 4.79 Å². The second-order valence-corrected chi connectivity index (χ2v) is 7.41. The van der Waals surface area contributed by atoms with Crippen molar-refractivity contribution < 1.29 is 13.2 Å². The fraction of sp³-hybridized carbons (Fsp3) is 0.364. The molecule has 0 bridgehead atoms. The average molecular weight is 333 g/mol. The van der Waals surface area contributed by atoms with Crippen molar-refractivity contribution in [1.82, 2.24) is 0 Å². The quantitative estimate of drug-likeness (QED) is 0.801. The third kappa shape index (κ3) is 3.02. The van der Waals surface area contributed by atoms with Crippen molar-refractivity contribution in [1.29, 1.82) is 0 Å². The Balaban J connectivity index is 2.10. The van der Waals surface area contributed by atoms with E-state index in [4.69, 9.17) is 5.73 Å². The van der Waals surface area contributed by atoms with Gasteiger partial charge in [-0.1, -0.05) is 0 Å². The lowest BCUT2D eigenvalue weighted by atomic mass is 10.1. The minimum atomic E-state index is -3.05. The first-order chi connectivity index (χ1) is 8.37.